The Kier molecular flexibility index (Phi) is 3.89. The maximum absolute atomic E-state index is 12.1. The van der Waals surface area contributed by atoms with Crippen LogP contribution < -0.4 is 15.4 Å². The van der Waals surface area contributed by atoms with Crippen molar-refractivity contribution in [3.63, 3.8) is 0 Å². The Hall–Kier alpha value is -1.59. The van der Waals surface area contributed by atoms with Gasteiger partial charge in [-0.1, -0.05) is 12.1 Å². The molecule has 3 rings (SSSR count). The summed E-state index contributed by atoms with van der Waals surface area (Å²) in [6, 6.07) is 8.06. The Labute approximate surface area is 119 Å². The van der Waals surface area contributed by atoms with E-state index in [9.17, 15) is 4.79 Å². The number of nitrogens with one attached hydrogen (secondary N) is 2. The van der Waals surface area contributed by atoms with Crippen molar-refractivity contribution in [3.8, 4) is 5.75 Å². The van der Waals surface area contributed by atoms with Gasteiger partial charge in [0.15, 0.2) is 0 Å². The maximum Gasteiger partial charge on any atom is 0.238 e. The highest BCUT2D eigenvalue weighted by Crippen LogP contribution is 2.25. The number of methoxy groups -OCH3 is 1. The molecule has 2 fully saturated rings. The van der Waals surface area contributed by atoms with Crippen molar-refractivity contribution in [2.75, 3.05) is 38.6 Å². The largest absolute Gasteiger partial charge is 0.495 e. The molecule has 2 saturated heterocycles. The van der Waals surface area contributed by atoms with E-state index < -0.39 is 0 Å². The molecule has 2 N–H and O–H groups in total. The molecule has 0 saturated carbocycles. The van der Waals surface area contributed by atoms with E-state index in [1.54, 1.807) is 7.11 Å². The summed E-state index contributed by atoms with van der Waals surface area (Å²) >= 11 is 0. The molecule has 1 aromatic rings. The van der Waals surface area contributed by atoms with Gasteiger partial charge in [0.1, 0.15) is 5.75 Å². The fraction of sp³-hybridized carbons (Fsp3) is 0.533. The zero-order chi connectivity index (χ0) is 13.9. The minimum Gasteiger partial charge on any atom is -0.495 e. The number of amides is 1. The number of hydrogen-bond donors (Lipinski definition) is 2. The number of para-hydroxylation sites is 2. The second-order valence-corrected chi connectivity index (χ2v) is 5.55. The normalized spacial score (nSPS) is 25.4. The fourth-order valence-corrected chi connectivity index (χ4v) is 3.21. The first kappa shape index (κ1) is 13.4. The zero-order valence-corrected chi connectivity index (χ0v) is 11.8. The van der Waals surface area contributed by atoms with Gasteiger partial charge < -0.3 is 15.4 Å². The van der Waals surface area contributed by atoms with Crippen LogP contribution in [0.25, 0.3) is 0 Å². The summed E-state index contributed by atoms with van der Waals surface area (Å²) in [4.78, 5) is 14.4. The van der Waals surface area contributed by atoms with E-state index in [2.05, 4.69) is 15.5 Å². The first-order chi connectivity index (χ1) is 9.76. The molecule has 5 heteroatoms. The Balaban J connectivity index is 1.55. The topological polar surface area (TPSA) is 53.6 Å². The molecular formula is C15H21N3O2. The highest BCUT2D eigenvalue weighted by atomic mass is 16.5. The van der Waals surface area contributed by atoms with E-state index in [-0.39, 0.29) is 5.91 Å². The van der Waals surface area contributed by atoms with Crippen LogP contribution in [-0.2, 0) is 4.79 Å². The van der Waals surface area contributed by atoms with Gasteiger partial charge in [-0.3, -0.25) is 9.69 Å². The molecule has 0 spiro atoms. The number of hydrogen-bond acceptors (Lipinski definition) is 4. The molecular weight excluding hydrogens is 254 g/mol. The number of anilines is 1. The number of carbonyl (C=O) groups excluding carboxylic acids is 1. The van der Waals surface area contributed by atoms with E-state index in [0.717, 1.165) is 25.3 Å². The summed E-state index contributed by atoms with van der Waals surface area (Å²) in [5.74, 6) is 1.43. The van der Waals surface area contributed by atoms with Crippen LogP contribution in [0.1, 0.15) is 6.42 Å². The van der Waals surface area contributed by atoms with Gasteiger partial charge in [-0.2, -0.15) is 0 Å². The summed E-state index contributed by atoms with van der Waals surface area (Å²) < 4.78 is 5.24. The van der Waals surface area contributed by atoms with Gasteiger partial charge in [0.25, 0.3) is 0 Å². The fourth-order valence-electron chi connectivity index (χ4n) is 3.21. The molecule has 1 amide bonds. The lowest BCUT2D eigenvalue weighted by Crippen LogP contribution is -2.35. The number of fused-ring (bicyclic) bond motifs is 1. The predicted molar refractivity (Wildman–Crippen MR) is 78.0 cm³/mol. The summed E-state index contributed by atoms with van der Waals surface area (Å²) in [6.07, 6.45) is 1.23. The first-order valence-electron chi connectivity index (χ1n) is 7.15. The van der Waals surface area contributed by atoms with Crippen LogP contribution in [0.2, 0.25) is 0 Å². The molecule has 2 aliphatic rings. The standard InChI is InChI=1S/C15H21N3O2/c1-20-14-5-3-2-4-12(14)17-15(19)10-18-8-11-6-7-16-13(11)9-18/h2-5,11,13,16H,6-10H2,1H3,(H,17,19)/t11-,13+/m0/s1. The number of nitrogens with zero attached hydrogens (tertiary/aromatic N) is 1. The van der Waals surface area contributed by atoms with Crippen molar-refractivity contribution in [3.05, 3.63) is 24.3 Å². The third-order valence-electron chi connectivity index (χ3n) is 4.19. The minimum atomic E-state index is 0.0227. The smallest absolute Gasteiger partial charge is 0.238 e. The Bertz CT molecular complexity index is 480. The van der Waals surface area contributed by atoms with Gasteiger partial charge in [0.2, 0.25) is 5.91 Å². The van der Waals surface area contributed by atoms with Crippen LogP contribution in [0, 0.1) is 5.92 Å². The van der Waals surface area contributed by atoms with Gasteiger partial charge in [-0.25, -0.2) is 0 Å². The van der Waals surface area contributed by atoms with Gasteiger partial charge in [-0.05, 0) is 31.0 Å². The second-order valence-electron chi connectivity index (χ2n) is 5.55. The molecule has 0 aliphatic carbocycles. The molecule has 0 aromatic heterocycles. The average Bonchev–Trinajstić information content (AvgIpc) is 3.00. The third-order valence-corrected chi connectivity index (χ3v) is 4.19. The summed E-state index contributed by atoms with van der Waals surface area (Å²) in [6.45, 7) is 3.57. The van der Waals surface area contributed by atoms with Crippen LogP contribution in [0.4, 0.5) is 5.69 Å². The number of ether oxygens (including phenoxy) is 1. The molecule has 5 nitrogen and oxygen atoms in total. The zero-order valence-electron chi connectivity index (χ0n) is 11.8. The molecule has 2 atom stereocenters. The van der Waals surface area contributed by atoms with E-state index in [1.807, 2.05) is 24.3 Å². The Morgan fingerprint density at radius 1 is 1.45 bits per heavy atom. The van der Waals surface area contributed by atoms with Crippen LogP contribution in [0.5, 0.6) is 5.75 Å². The molecule has 0 unspecified atom stereocenters. The maximum atomic E-state index is 12.1. The molecule has 0 radical (unpaired) electrons. The Morgan fingerprint density at radius 2 is 2.30 bits per heavy atom. The summed E-state index contributed by atoms with van der Waals surface area (Å²) in [5.41, 5.74) is 0.734. The summed E-state index contributed by atoms with van der Waals surface area (Å²) in [7, 11) is 1.61. The van der Waals surface area contributed by atoms with Gasteiger partial charge >= 0.3 is 0 Å². The second kappa shape index (κ2) is 5.81. The molecule has 2 heterocycles. The summed E-state index contributed by atoms with van der Waals surface area (Å²) in [5, 5.41) is 6.42. The van der Waals surface area contributed by atoms with E-state index in [0.29, 0.717) is 24.3 Å². The quantitative estimate of drug-likeness (QED) is 0.858. The van der Waals surface area contributed by atoms with Crippen LogP contribution in [0.15, 0.2) is 24.3 Å². The van der Waals surface area contributed by atoms with Crippen LogP contribution >= 0.6 is 0 Å². The SMILES string of the molecule is COc1ccccc1NC(=O)CN1C[C@@H]2CCN[C@@H]2C1. The highest BCUT2D eigenvalue weighted by molar-refractivity contribution is 5.93. The Morgan fingerprint density at radius 3 is 3.10 bits per heavy atom. The van der Waals surface area contributed by atoms with Crippen LogP contribution in [-0.4, -0.2) is 50.1 Å². The lowest BCUT2D eigenvalue weighted by Gasteiger charge is -2.17. The predicted octanol–water partition coefficient (Wildman–Crippen LogP) is 0.927. The molecule has 0 bridgehead atoms. The van der Waals surface area contributed by atoms with Crippen molar-refractivity contribution in [1.29, 1.82) is 0 Å². The van der Waals surface area contributed by atoms with Crippen molar-refractivity contribution < 1.29 is 9.53 Å². The minimum absolute atomic E-state index is 0.0227. The molecule has 108 valence electrons. The average molecular weight is 275 g/mol. The third kappa shape index (κ3) is 2.78. The number of likely N-dealkylation sites (tertiary alicyclic amines) is 1. The monoisotopic (exact) mass is 275 g/mol. The lowest BCUT2D eigenvalue weighted by molar-refractivity contribution is -0.117. The number of rotatable bonds is 4. The molecule has 2 aliphatic heterocycles. The van der Waals surface area contributed by atoms with Crippen molar-refractivity contribution in [1.82, 2.24) is 10.2 Å². The van der Waals surface area contributed by atoms with Gasteiger partial charge in [-0.15, -0.1) is 0 Å². The lowest BCUT2D eigenvalue weighted by atomic mass is 10.1. The van der Waals surface area contributed by atoms with Gasteiger partial charge in [0.05, 0.1) is 19.3 Å². The highest BCUT2D eigenvalue weighted by Gasteiger charge is 2.36. The van der Waals surface area contributed by atoms with Gasteiger partial charge in [0, 0.05) is 19.1 Å². The molecule has 1 aromatic carbocycles. The van der Waals surface area contributed by atoms with Crippen molar-refractivity contribution in [2.45, 2.75) is 12.5 Å². The van der Waals surface area contributed by atoms with Crippen LogP contribution in [0.3, 0.4) is 0 Å². The first-order valence-corrected chi connectivity index (χ1v) is 7.15. The van der Waals surface area contributed by atoms with E-state index >= 15 is 0 Å². The van der Waals surface area contributed by atoms with Crippen molar-refractivity contribution >= 4 is 11.6 Å². The molecule has 20 heavy (non-hydrogen) atoms. The van der Waals surface area contributed by atoms with E-state index in [4.69, 9.17) is 4.74 Å². The number of benzene rings is 1. The number of carbonyl (C=O) groups is 1. The van der Waals surface area contributed by atoms with Crippen molar-refractivity contribution in [2.24, 2.45) is 5.92 Å². The van der Waals surface area contributed by atoms with E-state index in [1.165, 1.54) is 6.42 Å².